The Labute approximate surface area is 109 Å². The normalized spacial score (nSPS) is 12.6. The molecular formula is C15H23N3. The van der Waals surface area contributed by atoms with E-state index in [9.17, 15) is 0 Å². The molecule has 2 aromatic heterocycles. The Bertz CT molecular complexity index is 559. The summed E-state index contributed by atoms with van der Waals surface area (Å²) in [7, 11) is 4.20. The summed E-state index contributed by atoms with van der Waals surface area (Å²) in [6.45, 7) is 9.70. The quantitative estimate of drug-likeness (QED) is 0.810. The highest BCUT2D eigenvalue weighted by molar-refractivity contribution is 5.46. The number of hydrogen-bond donors (Lipinski definition) is 0. The zero-order valence-electron chi connectivity index (χ0n) is 12.3. The molecule has 0 aromatic carbocycles. The molecule has 2 heterocycles. The van der Waals surface area contributed by atoms with Crippen LogP contribution in [0.2, 0.25) is 0 Å². The Morgan fingerprint density at radius 2 is 1.89 bits per heavy atom. The SMILES string of the molecule is Cc1ccc2nc(C(C)(C)C)c(CN(C)C)n2c1. The van der Waals surface area contributed by atoms with Crippen LogP contribution in [0.5, 0.6) is 0 Å². The number of rotatable bonds is 2. The summed E-state index contributed by atoms with van der Waals surface area (Å²) >= 11 is 0. The molecule has 2 aromatic rings. The molecule has 0 fully saturated rings. The highest BCUT2D eigenvalue weighted by Gasteiger charge is 2.23. The van der Waals surface area contributed by atoms with Gasteiger partial charge in [-0.15, -0.1) is 0 Å². The molecule has 0 amide bonds. The molecule has 98 valence electrons. The molecule has 0 saturated heterocycles. The van der Waals surface area contributed by atoms with Gasteiger partial charge in [0.1, 0.15) is 5.65 Å². The molecule has 0 spiro atoms. The topological polar surface area (TPSA) is 20.5 Å². The van der Waals surface area contributed by atoms with Crippen molar-refractivity contribution in [3.63, 3.8) is 0 Å². The van der Waals surface area contributed by atoms with Gasteiger partial charge in [-0.25, -0.2) is 4.98 Å². The van der Waals surface area contributed by atoms with Gasteiger partial charge in [0, 0.05) is 18.2 Å². The van der Waals surface area contributed by atoms with Crippen LogP contribution in [0.15, 0.2) is 18.3 Å². The van der Waals surface area contributed by atoms with Gasteiger partial charge in [0.25, 0.3) is 0 Å². The average Bonchev–Trinajstić information content (AvgIpc) is 2.56. The molecule has 3 heteroatoms. The lowest BCUT2D eigenvalue weighted by Crippen LogP contribution is -2.19. The van der Waals surface area contributed by atoms with Crippen molar-refractivity contribution in [2.24, 2.45) is 0 Å². The molecule has 0 saturated carbocycles. The summed E-state index contributed by atoms with van der Waals surface area (Å²) in [5, 5.41) is 0. The molecule has 18 heavy (non-hydrogen) atoms. The first-order valence-corrected chi connectivity index (χ1v) is 6.42. The first kappa shape index (κ1) is 13.1. The summed E-state index contributed by atoms with van der Waals surface area (Å²) in [5.74, 6) is 0. The number of pyridine rings is 1. The van der Waals surface area contributed by atoms with Gasteiger partial charge in [-0.3, -0.25) is 0 Å². The minimum atomic E-state index is 0.0747. The maximum Gasteiger partial charge on any atom is 0.137 e. The van der Waals surface area contributed by atoms with Crippen LogP contribution in [0.3, 0.4) is 0 Å². The zero-order chi connectivity index (χ0) is 13.5. The van der Waals surface area contributed by atoms with Crippen molar-refractivity contribution < 1.29 is 0 Å². The number of hydrogen-bond acceptors (Lipinski definition) is 2. The monoisotopic (exact) mass is 245 g/mol. The molecule has 0 aliphatic carbocycles. The molecule has 0 aliphatic heterocycles. The van der Waals surface area contributed by atoms with Crippen LogP contribution < -0.4 is 0 Å². The van der Waals surface area contributed by atoms with Crippen LogP contribution in [-0.4, -0.2) is 28.4 Å². The van der Waals surface area contributed by atoms with Crippen LogP contribution >= 0.6 is 0 Å². The average molecular weight is 245 g/mol. The summed E-state index contributed by atoms with van der Waals surface area (Å²) in [4.78, 5) is 7.01. The number of aromatic nitrogens is 2. The smallest absolute Gasteiger partial charge is 0.137 e. The Kier molecular flexibility index (Phi) is 3.20. The molecule has 2 rings (SSSR count). The van der Waals surface area contributed by atoms with Crippen LogP contribution in [0.4, 0.5) is 0 Å². The van der Waals surface area contributed by atoms with Crippen molar-refractivity contribution in [2.45, 2.75) is 39.7 Å². The molecule has 0 bridgehead atoms. The van der Waals surface area contributed by atoms with Crippen molar-refractivity contribution in [3.8, 4) is 0 Å². The molecule has 0 unspecified atom stereocenters. The fraction of sp³-hybridized carbons (Fsp3) is 0.533. The molecule has 0 aliphatic rings. The lowest BCUT2D eigenvalue weighted by atomic mass is 9.90. The van der Waals surface area contributed by atoms with E-state index in [4.69, 9.17) is 4.98 Å². The summed E-state index contributed by atoms with van der Waals surface area (Å²) < 4.78 is 2.23. The van der Waals surface area contributed by atoms with Crippen LogP contribution in [-0.2, 0) is 12.0 Å². The Balaban J connectivity index is 2.69. The van der Waals surface area contributed by atoms with Crippen molar-refractivity contribution in [2.75, 3.05) is 14.1 Å². The van der Waals surface area contributed by atoms with Crippen LogP contribution in [0.1, 0.15) is 37.7 Å². The predicted octanol–water partition coefficient (Wildman–Crippen LogP) is 3.00. The second-order valence-corrected chi connectivity index (χ2v) is 6.33. The summed E-state index contributed by atoms with van der Waals surface area (Å²) in [6.07, 6.45) is 2.18. The first-order valence-electron chi connectivity index (χ1n) is 6.42. The van der Waals surface area contributed by atoms with E-state index < -0.39 is 0 Å². The zero-order valence-corrected chi connectivity index (χ0v) is 12.3. The number of fused-ring (bicyclic) bond motifs is 1. The maximum atomic E-state index is 4.81. The predicted molar refractivity (Wildman–Crippen MR) is 76.0 cm³/mol. The minimum absolute atomic E-state index is 0.0747. The van der Waals surface area contributed by atoms with Gasteiger partial charge in [-0.2, -0.15) is 0 Å². The van der Waals surface area contributed by atoms with E-state index in [1.807, 2.05) is 0 Å². The fourth-order valence-electron chi connectivity index (χ4n) is 2.25. The Hall–Kier alpha value is -1.35. The van der Waals surface area contributed by atoms with Crippen molar-refractivity contribution in [3.05, 3.63) is 35.3 Å². The van der Waals surface area contributed by atoms with Gasteiger partial charge in [0.15, 0.2) is 0 Å². The van der Waals surface area contributed by atoms with E-state index >= 15 is 0 Å². The summed E-state index contributed by atoms with van der Waals surface area (Å²) in [6, 6.07) is 4.22. The van der Waals surface area contributed by atoms with Crippen LogP contribution in [0, 0.1) is 6.92 Å². The highest BCUT2D eigenvalue weighted by Crippen LogP contribution is 2.27. The van der Waals surface area contributed by atoms with Crippen LogP contribution in [0.25, 0.3) is 5.65 Å². The second-order valence-electron chi connectivity index (χ2n) is 6.33. The second kappa shape index (κ2) is 4.39. The molecule has 0 N–H and O–H groups in total. The Morgan fingerprint density at radius 1 is 1.22 bits per heavy atom. The van der Waals surface area contributed by atoms with E-state index in [2.05, 4.69) is 69.4 Å². The third-order valence-corrected chi connectivity index (χ3v) is 3.04. The Morgan fingerprint density at radius 3 is 2.44 bits per heavy atom. The number of aryl methyl sites for hydroxylation is 1. The van der Waals surface area contributed by atoms with E-state index in [0.717, 1.165) is 12.2 Å². The van der Waals surface area contributed by atoms with Gasteiger partial charge in [-0.05, 0) is 32.6 Å². The first-order chi connectivity index (χ1) is 8.29. The van der Waals surface area contributed by atoms with Gasteiger partial charge in [0.2, 0.25) is 0 Å². The minimum Gasteiger partial charge on any atom is -0.304 e. The standard InChI is InChI=1S/C15H23N3/c1-11-7-8-13-16-14(15(2,3)4)12(10-17(5)6)18(13)9-11/h7-9H,10H2,1-6H3. The maximum absolute atomic E-state index is 4.81. The molecule has 0 radical (unpaired) electrons. The van der Waals surface area contributed by atoms with Crippen molar-refractivity contribution in [1.82, 2.24) is 14.3 Å². The van der Waals surface area contributed by atoms with Crippen molar-refractivity contribution >= 4 is 5.65 Å². The van der Waals surface area contributed by atoms with Gasteiger partial charge in [-0.1, -0.05) is 26.8 Å². The van der Waals surface area contributed by atoms with E-state index in [-0.39, 0.29) is 5.41 Å². The third kappa shape index (κ3) is 2.41. The van der Waals surface area contributed by atoms with E-state index in [0.29, 0.717) is 0 Å². The van der Waals surface area contributed by atoms with Gasteiger partial charge >= 0.3 is 0 Å². The summed E-state index contributed by atoms with van der Waals surface area (Å²) in [5.41, 5.74) is 4.88. The molecule has 3 nitrogen and oxygen atoms in total. The lowest BCUT2D eigenvalue weighted by Gasteiger charge is -2.19. The van der Waals surface area contributed by atoms with E-state index in [1.54, 1.807) is 0 Å². The number of nitrogens with zero attached hydrogens (tertiary/aromatic N) is 3. The van der Waals surface area contributed by atoms with Gasteiger partial charge in [0.05, 0.1) is 11.4 Å². The third-order valence-electron chi connectivity index (χ3n) is 3.04. The lowest BCUT2D eigenvalue weighted by molar-refractivity contribution is 0.388. The molecule has 0 atom stereocenters. The van der Waals surface area contributed by atoms with Gasteiger partial charge < -0.3 is 9.30 Å². The molecular weight excluding hydrogens is 222 g/mol. The van der Waals surface area contributed by atoms with E-state index in [1.165, 1.54) is 17.0 Å². The fourth-order valence-corrected chi connectivity index (χ4v) is 2.25. The highest BCUT2D eigenvalue weighted by atomic mass is 15.1. The largest absolute Gasteiger partial charge is 0.304 e. The van der Waals surface area contributed by atoms with Crippen molar-refractivity contribution in [1.29, 1.82) is 0 Å². The number of imidazole rings is 1.